The molecule has 0 bridgehead atoms. The number of benzene rings is 3. The van der Waals surface area contributed by atoms with E-state index in [9.17, 15) is 24.5 Å². The van der Waals surface area contributed by atoms with Crippen LogP contribution in [0.4, 0.5) is 16.2 Å². The normalized spacial score (nSPS) is 14.2. The van der Waals surface area contributed by atoms with Gasteiger partial charge >= 0.3 is 0 Å². The van der Waals surface area contributed by atoms with Crippen LogP contribution in [0.3, 0.4) is 0 Å². The molecule has 3 amide bonds. The van der Waals surface area contributed by atoms with Crippen molar-refractivity contribution < 1.29 is 24.0 Å². The van der Waals surface area contributed by atoms with E-state index in [-0.39, 0.29) is 23.7 Å². The van der Waals surface area contributed by atoms with Crippen LogP contribution in [-0.2, 0) is 16.2 Å². The fourth-order valence-electron chi connectivity index (χ4n) is 3.41. The third kappa shape index (κ3) is 5.97. The van der Waals surface area contributed by atoms with Crippen LogP contribution in [0.2, 0.25) is 0 Å². The summed E-state index contributed by atoms with van der Waals surface area (Å²) in [5.41, 5.74) is 2.90. The molecule has 3 aromatic rings. The lowest BCUT2D eigenvalue weighted by atomic mass is 10.2. The Morgan fingerprint density at radius 1 is 1.08 bits per heavy atom. The second kappa shape index (κ2) is 10.9. The Labute approximate surface area is 210 Å². The number of rotatable bonds is 8. The Kier molecular flexibility index (Phi) is 7.45. The molecule has 0 aromatic heterocycles. The van der Waals surface area contributed by atoms with E-state index in [0.717, 1.165) is 27.8 Å². The minimum Gasteiger partial charge on any atom is -0.489 e. The molecule has 1 saturated heterocycles. The number of hydrogen-bond donors (Lipinski definition) is 1. The SMILES string of the molecule is Cc1ccccc1NC(=O)CN1C(=O)S/C(=C/c2cccc(OCc3ccc([N+](=O)[O-])cc3)c2)C1=O. The molecule has 182 valence electrons. The van der Waals surface area contributed by atoms with E-state index in [2.05, 4.69) is 5.32 Å². The average molecular weight is 504 g/mol. The topological polar surface area (TPSA) is 119 Å². The highest BCUT2D eigenvalue weighted by molar-refractivity contribution is 8.18. The first kappa shape index (κ1) is 24.7. The molecule has 10 heteroatoms. The Bertz CT molecular complexity index is 1370. The van der Waals surface area contributed by atoms with Gasteiger partial charge in [0, 0.05) is 17.8 Å². The van der Waals surface area contributed by atoms with Crippen molar-refractivity contribution in [3.63, 3.8) is 0 Å². The van der Waals surface area contributed by atoms with E-state index >= 15 is 0 Å². The highest BCUT2D eigenvalue weighted by Gasteiger charge is 2.36. The van der Waals surface area contributed by atoms with E-state index < -0.39 is 22.0 Å². The molecule has 4 rings (SSSR count). The van der Waals surface area contributed by atoms with Crippen LogP contribution in [0.25, 0.3) is 6.08 Å². The third-order valence-corrected chi connectivity index (χ3v) is 6.21. The molecule has 36 heavy (non-hydrogen) atoms. The number of amides is 3. The Morgan fingerprint density at radius 2 is 1.83 bits per heavy atom. The lowest BCUT2D eigenvalue weighted by molar-refractivity contribution is -0.384. The molecule has 1 fully saturated rings. The van der Waals surface area contributed by atoms with Crippen molar-refractivity contribution in [2.24, 2.45) is 0 Å². The third-order valence-electron chi connectivity index (χ3n) is 5.30. The zero-order valence-electron chi connectivity index (χ0n) is 19.2. The van der Waals surface area contributed by atoms with Gasteiger partial charge in [-0.15, -0.1) is 0 Å². The molecule has 0 atom stereocenters. The average Bonchev–Trinajstić information content (AvgIpc) is 3.12. The lowest BCUT2D eigenvalue weighted by Gasteiger charge is -2.13. The molecule has 0 unspecified atom stereocenters. The van der Waals surface area contributed by atoms with Crippen molar-refractivity contribution in [1.82, 2.24) is 4.90 Å². The Balaban J connectivity index is 1.39. The number of nitrogens with zero attached hydrogens (tertiary/aromatic N) is 2. The van der Waals surface area contributed by atoms with Gasteiger partial charge in [-0.25, -0.2) is 0 Å². The molecular weight excluding hydrogens is 482 g/mol. The summed E-state index contributed by atoms with van der Waals surface area (Å²) in [7, 11) is 0. The quantitative estimate of drug-likeness (QED) is 0.256. The van der Waals surface area contributed by atoms with Crippen LogP contribution in [0.5, 0.6) is 5.75 Å². The molecule has 0 spiro atoms. The highest BCUT2D eigenvalue weighted by Crippen LogP contribution is 2.32. The van der Waals surface area contributed by atoms with Crippen LogP contribution < -0.4 is 10.1 Å². The first-order valence-corrected chi connectivity index (χ1v) is 11.7. The summed E-state index contributed by atoms with van der Waals surface area (Å²) in [5.74, 6) is -0.476. The maximum atomic E-state index is 12.8. The van der Waals surface area contributed by atoms with Crippen molar-refractivity contribution >= 4 is 46.3 Å². The molecule has 1 N–H and O–H groups in total. The molecular formula is C26H21N3O6S. The smallest absolute Gasteiger partial charge is 0.294 e. The number of para-hydroxylation sites is 1. The minimum atomic E-state index is -0.540. The summed E-state index contributed by atoms with van der Waals surface area (Å²) in [4.78, 5) is 49.1. The Morgan fingerprint density at radius 3 is 2.56 bits per heavy atom. The number of aryl methyl sites for hydroxylation is 1. The number of hydrogen-bond acceptors (Lipinski definition) is 7. The monoisotopic (exact) mass is 503 g/mol. The van der Waals surface area contributed by atoms with Gasteiger partial charge in [-0.3, -0.25) is 29.4 Å². The van der Waals surface area contributed by atoms with Crippen LogP contribution in [-0.4, -0.2) is 33.4 Å². The summed E-state index contributed by atoms with van der Waals surface area (Å²) in [5, 5.41) is 13.0. The van der Waals surface area contributed by atoms with Crippen LogP contribution in [0, 0.1) is 17.0 Å². The minimum absolute atomic E-state index is 0.00218. The van der Waals surface area contributed by atoms with Gasteiger partial charge in [0.05, 0.1) is 9.83 Å². The van der Waals surface area contributed by atoms with E-state index in [4.69, 9.17) is 4.74 Å². The van der Waals surface area contributed by atoms with Crippen molar-refractivity contribution in [2.75, 3.05) is 11.9 Å². The van der Waals surface area contributed by atoms with Gasteiger partial charge in [0.15, 0.2) is 0 Å². The van der Waals surface area contributed by atoms with Gasteiger partial charge in [0.2, 0.25) is 5.91 Å². The van der Waals surface area contributed by atoms with Gasteiger partial charge in [-0.1, -0.05) is 30.3 Å². The van der Waals surface area contributed by atoms with Crippen molar-refractivity contribution in [3.05, 3.63) is 105 Å². The van der Waals surface area contributed by atoms with E-state index in [1.165, 1.54) is 12.1 Å². The standard InChI is InChI=1S/C26H21N3O6S/c1-17-5-2-3-8-22(17)27-24(30)15-28-25(31)23(36-26(28)32)14-19-6-4-7-21(13-19)35-16-18-9-11-20(12-10-18)29(33)34/h2-14H,15-16H2,1H3,(H,27,30)/b23-14+. The van der Waals surface area contributed by atoms with Crippen LogP contribution in [0.15, 0.2) is 77.7 Å². The molecule has 0 saturated carbocycles. The second-order valence-corrected chi connectivity index (χ2v) is 8.91. The predicted molar refractivity (Wildman–Crippen MR) is 136 cm³/mol. The largest absolute Gasteiger partial charge is 0.489 e. The summed E-state index contributed by atoms with van der Waals surface area (Å²) < 4.78 is 5.76. The molecule has 1 heterocycles. The number of carbonyl (C=O) groups is 3. The molecule has 3 aromatic carbocycles. The number of non-ortho nitro benzene ring substituents is 1. The van der Waals surface area contributed by atoms with Crippen molar-refractivity contribution in [1.29, 1.82) is 0 Å². The van der Waals surface area contributed by atoms with E-state index in [1.54, 1.807) is 54.6 Å². The van der Waals surface area contributed by atoms with E-state index in [0.29, 0.717) is 17.0 Å². The second-order valence-electron chi connectivity index (χ2n) is 7.92. The van der Waals surface area contributed by atoms with Crippen molar-refractivity contribution in [3.8, 4) is 5.75 Å². The lowest BCUT2D eigenvalue weighted by Crippen LogP contribution is -2.36. The number of ether oxygens (including phenoxy) is 1. The summed E-state index contributed by atoms with van der Waals surface area (Å²) in [6.07, 6.45) is 1.57. The maximum Gasteiger partial charge on any atom is 0.294 e. The molecule has 1 aliphatic heterocycles. The molecule has 9 nitrogen and oxygen atoms in total. The first-order chi connectivity index (χ1) is 17.3. The van der Waals surface area contributed by atoms with Gasteiger partial charge in [-0.05, 0) is 71.8 Å². The van der Waals surface area contributed by atoms with Gasteiger partial charge in [0.1, 0.15) is 18.9 Å². The summed E-state index contributed by atoms with van der Waals surface area (Å²) in [6.45, 7) is 1.67. The summed E-state index contributed by atoms with van der Waals surface area (Å²) >= 11 is 0.770. The molecule has 0 radical (unpaired) electrons. The number of nitro benzene ring substituents is 1. The Hall–Kier alpha value is -4.44. The van der Waals surface area contributed by atoms with Gasteiger partial charge < -0.3 is 10.1 Å². The first-order valence-electron chi connectivity index (χ1n) is 10.9. The number of nitrogens with one attached hydrogen (secondary N) is 1. The fourth-order valence-corrected chi connectivity index (χ4v) is 4.25. The number of anilines is 1. The number of carbonyl (C=O) groups excluding carboxylic acids is 3. The van der Waals surface area contributed by atoms with Crippen LogP contribution >= 0.6 is 11.8 Å². The summed E-state index contributed by atoms with van der Waals surface area (Å²) in [6, 6.07) is 20.2. The fraction of sp³-hybridized carbons (Fsp3) is 0.115. The maximum absolute atomic E-state index is 12.8. The molecule has 0 aliphatic carbocycles. The highest BCUT2D eigenvalue weighted by atomic mass is 32.2. The number of imide groups is 1. The number of nitro groups is 1. The predicted octanol–water partition coefficient (Wildman–Crippen LogP) is 5.16. The zero-order valence-corrected chi connectivity index (χ0v) is 20.0. The van der Waals surface area contributed by atoms with Crippen LogP contribution in [0.1, 0.15) is 16.7 Å². The van der Waals surface area contributed by atoms with Gasteiger partial charge in [-0.2, -0.15) is 0 Å². The van der Waals surface area contributed by atoms with E-state index in [1.807, 2.05) is 19.1 Å². The molecule has 1 aliphatic rings. The van der Waals surface area contributed by atoms with Crippen molar-refractivity contribution in [2.45, 2.75) is 13.5 Å². The zero-order chi connectivity index (χ0) is 25.7. The van der Waals surface area contributed by atoms with Gasteiger partial charge in [0.25, 0.3) is 16.8 Å². The number of thioether (sulfide) groups is 1.